The highest BCUT2D eigenvalue weighted by Crippen LogP contribution is 2.28. The van der Waals surface area contributed by atoms with Crippen LogP contribution in [0.1, 0.15) is 25.3 Å². The number of hydrogen-bond donors (Lipinski definition) is 1. The monoisotopic (exact) mass is 230 g/mol. The SMILES string of the molecule is Cc1c[nH]c2ncnc(N3CCCC(C)C3)c12. The summed E-state index contributed by atoms with van der Waals surface area (Å²) >= 11 is 0. The van der Waals surface area contributed by atoms with Crippen LogP contribution in [0, 0.1) is 12.8 Å². The molecule has 17 heavy (non-hydrogen) atoms. The number of anilines is 1. The molecule has 3 rings (SSSR count). The summed E-state index contributed by atoms with van der Waals surface area (Å²) in [5.41, 5.74) is 2.18. The van der Waals surface area contributed by atoms with E-state index in [2.05, 4.69) is 33.7 Å². The summed E-state index contributed by atoms with van der Waals surface area (Å²) in [6.45, 7) is 6.64. The molecule has 1 aliphatic rings. The Bertz CT molecular complexity index is 531. The number of hydrogen-bond acceptors (Lipinski definition) is 3. The second-order valence-electron chi connectivity index (χ2n) is 5.09. The summed E-state index contributed by atoms with van der Waals surface area (Å²) < 4.78 is 0. The molecule has 2 aromatic heterocycles. The summed E-state index contributed by atoms with van der Waals surface area (Å²) in [4.78, 5) is 14.4. The first-order valence-electron chi connectivity index (χ1n) is 6.29. The lowest BCUT2D eigenvalue weighted by molar-refractivity contribution is 0.445. The molecule has 4 heteroatoms. The van der Waals surface area contributed by atoms with Crippen LogP contribution < -0.4 is 4.90 Å². The van der Waals surface area contributed by atoms with Crippen LogP contribution in [-0.4, -0.2) is 28.0 Å². The van der Waals surface area contributed by atoms with Crippen LogP contribution in [0.5, 0.6) is 0 Å². The molecule has 0 amide bonds. The fourth-order valence-corrected chi connectivity index (χ4v) is 2.72. The van der Waals surface area contributed by atoms with Crippen molar-refractivity contribution in [2.75, 3.05) is 18.0 Å². The van der Waals surface area contributed by atoms with Gasteiger partial charge in [0, 0.05) is 19.3 Å². The molecule has 3 heterocycles. The minimum Gasteiger partial charge on any atom is -0.356 e. The van der Waals surface area contributed by atoms with Gasteiger partial charge in [0.2, 0.25) is 0 Å². The highest BCUT2D eigenvalue weighted by atomic mass is 15.2. The summed E-state index contributed by atoms with van der Waals surface area (Å²) in [7, 11) is 0. The van der Waals surface area contributed by atoms with Gasteiger partial charge in [0.25, 0.3) is 0 Å². The number of fused-ring (bicyclic) bond motifs is 1. The van der Waals surface area contributed by atoms with Crippen molar-refractivity contribution < 1.29 is 0 Å². The fraction of sp³-hybridized carbons (Fsp3) is 0.538. The van der Waals surface area contributed by atoms with E-state index < -0.39 is 0 Å². The Morgan fingerprint density at radius 1 is 1.41 bits per heavy atom. The van der Waals surface area contributed by atoms with Gasteiger partial charge in [0.1, 0.15) is 17.8 Å². The van der Waals surface area contributed by atoms with E-state index in [1.165, 1.54) is 23.8 Å². The first kappa shape index (κ1) is 10.6. The molecule has 1 aliphatic heterocycles. The van der Waals surface area contributed by atoms with Crippen LogP contribution in [0.2, 0.25) is 0 Å². The summed E-state index contributed by atoms with van der Waals surface area (Å²) in [5, 5.41) is 1.18. The first-order valence-corrected chi connectivity index (χ1v) is 6.29. The van der Waals surface area contributed by atoms with Gasteiger partial charge < -0.3 is 9.88 Å². The molecule has 1 unspecified atom stereocenters. The van der Waals surface area contributed by atoms with Gasteiger partial charge in [-0.2, -0.15) is 0 Å². The minimum atomic E-state index is 0.757. The summed E-state index contributed by atoms with van der Waals surface area (Å²) in [5.74, 6) is 1.85. The van der Waals surface area contributed by atoms with Crippen LogP contribution in [0.3, 0.4) is 0 Å². The van der Waals surface area contributed by atoms with E-state index in [-0.39, 0.29) is 0 Å². The molecule has 1 N–H and O–H groups in total. The third-order valence-corrected chi connectivity index (χ3v) is 3.60. The summed E-state index contributed by atoms with van der Waals surface area (Å²) in [6.07, 6.45) is 6.26. The lowest BCUT2D eigenvalue weighted by Gasteiger charge is -2.32. The Hall–Kier alpha value is -1.58. The van der Waals surface area contributed by atoms with Crippen molar-refractivity contribution in [3.63, 3.8) is 0 Å². The topological polar surface area (TPSA) is 44.8 Å². The molecule has 0 spiro atoms. The van der Waals surface area contributed by atoms with Gasteiger partial charge in [-0.1, -0.05) is 6.92 Å². The van der Waals surface area contributed by atoms with E-state index in [4.69, 9.17) is 0 Å². The second-order valence-corrected chi connectivity index (χ2v) is 5.09. The second kappa shape index (κ2) is 4.02. The first-order chi connectivity index (χ1) is 8.25. The van der Waals surface area contributed by atoms with Crippen LogP contribution in [-0.2, 0) is 0 Å². The van der Waals surface area contributed by atoms with Crippen molar-refractivity contribution in [3.8, 4) is 0 Å². The van der Waals surface area contributed by atoms with E-state index in [0.717, 1.165) is 30.5 Å². The average molecular weight is 230 g/mol. The van der Waals surface area contributed by atoms with Crippen molar-refractivity contribution in [3.05, 3.63) is 18.1 Å². The van der Waals surface area contributed by atoms with Gasteiger partial charge in [-0.25, -0.2) is 9.97 Å². The van der Waals surface area contributed by atoms with Gasteiger partial charge in [-0.05, 0) is 31.2 Å². The predicted molar refractivity (Wildman–Crippen MR) is 69.2 cm³/mol. The smallest absolute Gasteiger partial charge is 0.143 e. The van der Waals surface area contributed by atoms with E-state index in [0.29, 0.717) is 0 Å². The Morgan fingerprint density at radius 2 is 2.29 bits per heavy atom. The zero-order valence-corrected chi connectivity index (χ0v) is 10.4. The normalized spacial score (nSPS) is 21.1. The number of aromatic amines is 1. The Morgan fingerprint density at radius 3 is 3.12 bits per heavy atom. The van der Waals surface area contributed by atoms with Gasteiger partial charge >= 0.3 is 0 Å². The van der Waals surface area contributed by atoms with Crippen LogP contribution >= 0.6 is 0 Å². The average Bonchev–Trinajstić information content (AvgIpc) is 2.71. The largest absolute Gasteiger partial charge is 0.356 e. The number of aryl methyl sites for hydroxylation is 1. The maximum atomic E-state index is 4.49. The Labute approximate surface area is 101 Å². The molecule has 0 radical (unpaired) electrons. The molecular weight excluding hydrogens is 212 g/mol. The van der Waals surface area contributed by atoms with Gasteiger partial charge in [-0.3, -0.25) is 0 Å². The number of piperidine rings is 1. The molecule has 1 atom stereocenters. The van der Waals surface area contributed by atoms with Gasteiger partial charge in [0.05, 0.1) is 5.39 Å². The molecule has 0 aliphatic carbocycles. The van der Waals surface area contributed by atoms with E-state index in [1.807, 2.05) is 6.20 Å². The molecule has 1 saturated heterocycles. The predicted octanol–water partition coefficient (Wildman–Crippen LogP) is 2.50. The number of nitrogens with zero attached hydrogens (tertiary/aromatic N) is 3. The maximum Gasteiger partial charge on any atom is 0.143 e. The number of nitrogens with one attached hydrogen (secondary N) is 1. The Balaban J connectivity index is 2.07. The van der Waals surface area contributed by atoms with Crippen LogP contribution in [0.4, 0.5) is 5.82 Å². The molecule has 0 bridgehead atoms. The van der Waals surface area contributed by atoms with E-state index in [1.54, 1.807) is 6.33 Å². The highest BCUT2D eigenvalue weighted by molar-refractivity contribution is 5.90. The van der Waals surface area contributed by atoms with Crippen molar-refractivity contribution in [1.82, 2.24) is 15.0 Å². The molecule has 0 aromatic carbocycles. The van der Waals surface area contributed by atoms with Crippen LogP contribution in [0.25, 0.3) is 11.0 Å². The van der Waals surface area contributed by atoms with E-state index >= 15 is 0 Å². The molecular formula is C13H18N4. The highest BCUT2D eigenvalue weighted by Gasteiger charge is 2.20. The number of H-pyrrole nitrogens is 1. The molecule has 1 fully saturated rings. The van der Waals surface area contributed by atoms with Crippen molar-refractivity contribution in [2.45, 2.75) is 26.7 Å². The summed E-state index contributed by atoms with van der Waals surface area (Å²) in [6, 6.07) is 0. The zero-order chi connectivity index (χ0) is 11.8. The third-order valence-electron chi connectivity index (χ3n) is 3.60. The van der Waals surface area contributed by atoms with Gasteiger partial charge in [-0.15, -0.1) is 0 Å². The van der Waals surface area contributed by atoms with Crippen molar-refractivity contribution in [2.24, 2.45) is 5.92 Å². The zero-order valence-electron chi connectivity index (χ0n) is 10.4. The quantitative estimate of drug-likeness (QED) is 0.818. The molecule has 0 saturated carbocycles. The third kappa shape index (κ3) is 1.77. The number of rotatable bonds is 1. The molecule has 90 valence electrons. The standard InChI is InChI=1S/C13H18N4/c1-9-4-3-5-17(7-9)13-11-10(2)6-14-12(11)15-8-16-13/h6,8-9H,3-5,7H2,1-2H3,(H,14,15,16). The van der Waals surface area contributed by atoms with Gasteiger partial charge in [0.15, 0.2) is 0 Å². The van der Waals surface area contributed by atoms with Crippen molar-refractivity contribution >= 4 is 16.9 Å². The van der Waals surface area contributed by atoms with Crippen molar-refractivity contribution in [1.29, 1.82) is 0 Å². The molecule has 4 nitrogen and oxygen atoms in total. The lowest BCUT2D eigenvalue weighted by Crippen LogP contribution is -2.35. The lowest BCUT2D eigenvalue weighted by atomic mass is 10.00. The molecule has 2 aromatic rings. The minimum absolute atomic E-state index is 0.757. The van der Waals surface area contributed by atoms with E-state index in [9.17, 15) is 0 Å². The number of aromatic nitrogens is 3. The maximum absolute atomic E-state index is 4.49. The fourth-order valence-electron chi connectivity index (χ4n) is 2.72. The Kier molecular flexibility index (Phi) is 2.50. The van der Waals surface area contributed by atoms with Crippen LogP contribution in [0.15, 0.2) is 12.5 Å².